The molecule has 2 aliphatic rings. The zero-order valence-electron chi connectivity index (χ0n) is 29.8. The van der Waals surface area contributed by atoms with Crippen LogP contribution in [0.2, 0.25) is 0 Å². The number of alkyl carbamates (subject to hydrolysis) is 1. The molecule has 2 N–H and O–H groups in total. The van der Waals surface area contributed by atoms with Gasteiger partial charge in [-0.05, 0) is 42.5 Å². The van der Waals surface area contributed by atoms with E-state index in [1.165, 1.54) is 0 Å². The number of hydrogen-bond acceptors (Lipinski definition) is 7. The highest BCUT2D eigenvalue weighted by molar-refractivity contribution is 7.89. The zero-order valence-corrected chi connectivity index (χ0v) is 21.6. The van der Waals surface area contributed by atoms with E-state index in [9.17, 15) is 27.1 Å². The van der Waals surface area contributed by atoms with Crippen molar-refractivity contribution in [3.63, 3.8) is 0 Å². The maximum absolute atomic E-state index is 14.2. The minimum absolute atomic E-state index is 0.0990. The molecule has 214 valence electrons. The lowest BCUT2D eigenvalue weighted by molar-refractivity contribution is -0.0907. The van der Waals surface area contributed by atoms with Crippen molar-refractivity contribution in [3.8, 4) is 0 Å². The molecule has 2 aromatic carbocycles. The topological polar surface area (TPSA) is 114 Å². The number of sulfonamides is 1. The Hall–Kier alpha value is -2.64. The molecular weight excluding hydrogens is 534 g/mol. The van der Waals surface area contributed by atoms with Crippen molar-refractivity contribution in [1.82, 2.24) is 9.62 Å². The number of hydrogen-bond donors (Lipinski definition) is 2. The standard InChI is InChI=1S/C27H34F2N2O7S/c1-17(2)14-31(39(34,35)19-8-9-21(28)22(29)13-19)15-24(32)23(12-18-6-4-3-5-7-18)30-27(33)38-25-16-37-26-20(25)10-11-36-26/h3-9,13,17,20,23-26,32H,10-12,14-16H2,1-2H3,(H,30,33)/t20-,23-,24+,25-,26+/m0/s1/i1D3,14D2,16D2,17D,25D/t17?,20-,23-,24+,25-,26+. The molecule has 2 fully saturated rings. The van der Waals surface area contributed by atoms with E-state index in [1.807, 2.05) is 0 Å². The third kappa shape index (κ3) is 7.31. The lowest BCUT2D eigenvalue weighted by atomic mass is 10.0. The first-order chi connectivity index (χ1) is 22.0. The molecule has 4 rings (SSSR count). The van der Waals surface area contributed by atoms with Crippen LogP contribution in [-0.2, 0) is 30.7 Å². The van der Waals surface area contributed by atoms with Gasteiger partial charge in [0.2, 0.25) is 10.0 Å². The van der Waals surface area contributed by atoms with Crippen LogP contribution >= 0.6 is 0 Å². The molecule has 2 aromatic rings. The molecule has 0 aliphatic carbocycles. The van der Waals surface area contributed by atoms with Crippen LogP contribution in [0.1, 0.15) is 38.1 Å². The fraction of sp³-hybridized carbons (Fsp3) is 0.519. The molecule has 1 amide bonds. The average Bonchev–Trinajstić information content (AvgIpc) is 3.50. The van der Waals surface area contributed by atoms with Gasteiger partial charge in [-0.1, -0.05) is 44.1 Å². The average molecular weight is 578 g/mol. The number of carbonyl (C=O) groups is 1. The first-order valence-corrected chi connectivity index (χ1v) is 13.4. The lowest BCUT2D eigenvalue weighted by Gasteiger charge is -2.31. The maximum Gasteiger partial charge on any atom is 0.407 e. The van der Waals surface area contributed by atoms with Crippen molar-refractivity contribution in [1.29, 1.82) is 0 Å². The van der Waals surface area contributed by atoms with Gasteiger partial charge < -0.3 is 24.6 Å². The van der Waals surface area contributed by atoms with Gasteiger partial charge in [0.15, 0.2) is 17.9 Å². The summed E-state index contributed by atoms with van der Waals surface area (Å²) in [6, 6.07) is 7.63. The van der Waals surface area contributed by atoms with Crippen molar-refractivity contribution in [2.45, 2.75) is 56.0 Å². The summed E-state index contributed by atoms with van der Waals surface area (Å²) >= 11 is 0. The number of halogens is 2. The third-order valence-electron chi connectivity index (χ3n) is 6.05. The smallest absolute Gasteiger partial charge is 0.407 e. The van der Waals surface area contributed by atoms with Gasteiger partial charge in [-0.15, -0.1) is 0 Å². The Morgan fingerprint density at radius 2 is 2.10 bits per heavy atom. The molecular formula is C27H34F2N2O7S. The van der Waals surface area contributed by atoms with Crippen LogP contribution in [0, 0.1) is 23.4 Å². The summed E-state index contributed by atoms with van der Waals surface area (Å²) in [7, 11) is -5.36. The van der Waals surface area contributed by atoms with Crippen LogP contribution in [-0.4, -0.2) is 74.6 Å². The predicted molar refractivity (Wildman–Crippen MR) is 137 cm³/mol. The summed E-state index contributed by atoms with van der Waals surface area (Å²) in [5, 5.41) is 13.7. The minimum atomic E-state index is -5.36. The van der Waals surface area contributed by atoms with E-state index in [-0.39, 0.29) is 29.8 Å². The summed E-state index contributed by atoms with van der Waals surface area (Å²) < 4.78 is 145. The van der Waals surface area contributed by atoms with Gasteiger partial charge in [0, 0.05) is 21.3 Å². The van der Waals surface area contributed by atoms with Crippen molar-refractivity contribution in [2.24, 2.45) is 11.8 Å². The number of nitrogens with zero attached hydrogens (tertiary/aromatic N) is 1. The molecule has 0 bridgehead atoms. The molecule has 0 aromatic heterocycles. The predicted octanol–water partition coefficient (Wildman–Crippen LogP) is 3.07. The molecule has 0 spiro atoms. The van der Waals surface area contributed by atoms with E-state index >= 15 is 0 Å². The number of fused-ring (bicyclic) bond motifs is 1. The number of benzene rings is 2. The Labute approximate surface area is 239 Å². The molecule has 1 unspecified atom stereocenters. The van der Waals surface area contributed by atoms with Crippen LogP contribution in [0.5, 0.6) is 0 Å². The quantitative estimate of drug-likeness (QED) is 0.422. The molecule has 0 saturated carbocycles. The fourth-order valence-corrected chi connectivity index (χ4v) is 5.46. The maximum atomic E-state index is 14.2. The van der Waals surface area contributed by atoms with E-state index in [0.29, 0.717) is 24.6 Å². The Morgan fingerprint density at radius 3 is 2.82 bits per heavy atom. The molecule has 2 saturated heterocycles. The highest BCUT2D eigenvalue weighted by Crippen LogP contribution is 2.33. The number of aliphatic hydroxyl groups excluding tert-OH is 1. The van der Waals surface area contributed by atoms with Crippen LogP contribution in [0.25, 0.3) is 0 Å². The van der Waals surface area contributed by atoms with Crippen LogP contribution in [0.15, 0.2) is 53.4 Å². The van der Waals surface area contributed by atoms with Crippen molar-refractivity contribution in [2.75, 3.05) is 26.2 Å². The van der Waals surface area contributed by atoms with Gasteiger partial charge in [-0.3, -0.25) is 0 Å². The van der Waals surface area contributed by atoms with E-state index in [2.05, 4.69) is 5.32 Å². The van der Waals surface area contributed by atoms with Gasteiger partial charge >= 0.3 is 6.09 Å². The number of carbonyl (C=O) groups excluding carboxylic acids is 1. The number of amides is 1. The first-order valence-electron chi connectivity index (χ1n) is 16.4. The number of ether oxygens (including phenoxy) is 3. The van der Waals surface area contributed by atoms with Gasteiger partial charge in [-0.2, -0.15) is 4.31 Å². The fourth-order valence-electron chi connectivity index (χ4n) is 4.11. The van der Waals surface area contributed by atoms with Crippen molar-refractivity contribution in [3.05, 3.63) is 65.7 Å². The summed E-state index contributed by atoms with van der Waals surface area (Å²) in [5.41, 5.74) is 0.442. The van der Waals surface area contributed by atoms with E-state index in [4.69, 9.17) is 26.5 Å². The SMILES string of the molecule is [2H]C([2H])([2H])C([2H])(C)C([2H])([2H])N(C[C@@H](O)[C@H](Cc1ccccc1)NC(=O)O[C@]1([2H])[C@@H]2CCO[C@@H]2OC1([2H])[2H])S(=O)(=O)c1ccc(F)c(F)c1. The Bertz CT molecular complexity index is 1610. The van der Waals surface area contributed by atoms with E-state index in [0.717, 1.165) is 0 Å². The second-order valence-electron chi connectivity index (χ2n) is 8.96. The molecule has 2 heterocycles. The molecule has 12 heteroatoms. The molecule has 0 radical (unpaired) electrons. The van der Waals surface area contributed by atoms with Gasteiger partial charge in [-0.25, -0.2) is 22.0 Å². The van der Waals surface area contributed by atoms with Gasteiger partial charge in [0.1, 0.15) is 6.08 Å². The van der Waals surface area contributed by atoms with Crippen LogP contribution < -0.4 is 5.32 Å². The largest absolute Gasteiger partial charge is 0.443 e. The number of rotatable bonds is 11. The Balaban J connectivity index is 1.72. The van der Waals surface area contributed by atoms with Crippen LogP contribution in [0.3, 0.4) is 0 Å². The van der Waals surface area contributed by atoms with E-state index < -0.39 is 95.4 Å². The third-order valence-corrected chi connectivity index (χ3v) is 7.72. The minimum Gasteiger partial charge on any atom is -0.443 e. The lowest BCUT2D eigenvalue weighted by Crippen LogP contribution is -2.51. The molecule has 6 atom stereocenters. The van der Waals surface area contributed by atoms with Gasteiger partial charge in [0.25, 0.3) is 0 Å². The van der Waals surface area contributed by atoms with Crippen LogP contribution in [0.4, 0.5) is 13.6 Å². The zero-order chi connectivity index (χ0) is 36.1. The highest BCUT2D eigenvalue weighted by atomic mass is 32.2. The van der Waals surface area contributed by atoms with Gasteiger partial charge in [0.05, 0.1) is 40.2 Å². The molecule has 39 heavy (non-hydrogen) atoms. The Kier molecular flexibility index (Phi) is 6.32. The second-order valence-corrected chi connectivity index (χ2v) is 10.8. The van der Waals surface area contributed by atoms with Crippen molar-refractivity contribution < 1.29 is 53.6 Å². The summed E-state index contributed by atoms with van der Waals surface area (Å²) in [6.07, 6.45) is -7.55. The summed E-state index contributed by atoms with van der Waals surface area (Å²) in [6.45, 7) is -10.6. The van der Waals surface area contributed by atoms with Crippen molar-refractivity contribution >= 4 is 16.1 Å². The molecule has 2 aliphatic heterocycles. The second kappa shape index (κ2) is 12.7. The normalized spacial score (nSPS) is 31.4. The first kappa shape index (κ1) is 19.4. The monoisotopic (exact) mass is 577 g/mol. The highest BCUT2D eigenvalue weighted by Gasteiger charge is 2.44. The number of aliphatic hydroxyl groups is 1. The number of nitrogens with one attached hydrogen (secondary N) is 1. The van der Waals surface area contributed by atoms with E-state index in [1.54, 1.807) is 30.3 Å². The summed E-state index contributed by atoms with van der Waals surface area (Å²) in [4.78, 5) is 12.2. The Morgan fingerprint density at radius 1 is 1.33 bits per heavy atom. The molecule has 9 nitrogen and oxygen atoms in total. The summed E-state index contributed by atoms with van der Waals surface area (Å²) in [5.74, 6) is -7.32.